The van der Waals surface area contributed by atoms with E-state index < -0.39 is 15.7 Å². The molecule has 1 fully saturated rings. The average Bonchev–Trinajstić information content (AvgIpc) is 3.07. The highest BCUT2D eigenvalue weighted by atomic mass is 32.2. The van der Waals surface area contributed by atoms with Crippen LogP contribution in [0.25, 0.3) is 0 Å². The third-order valence-electron chi connectivity index (χ3n) is 5.92. The maximum Gasteiger partial charge on any atom is 0.263 e. The zero-order chi connectivity index (χ0) is 21.0. The van der Waals surface area contributed by atoms with E-state index in [1.807, 2.05) is 26.0 Å². The van der Waals surface area contributed by atoms with Crippen LogP contribution < -0.4 is 5.32 Å². The Balaban J connectivity index is 1.70. The summed E-state index contributed by atoms with van der Waals surface area (Å²) in [5, 5.41) is 12.4. The molecule has 1 N–H and O–H groups in total. The molecule has 0 bridgehead atoms. The Bertz CT molecular complexity index is 947. The van der Waals surface area contributed by atoms with Crippen LogP contribution in [0.1, 0.15) is 55.8 Å². The predicted octanol–water partition coefficient (Wildman–Crippen LogP) is 2.66. The van der Waals surface area contributed by atoms with Crippen molar-refractivity contribution in [3.8, 4) is 6.07 Å². The first-order valence-corrected chi connectivity index (χ1v) is 12.2. The molecular weight excluding hydrogens is 386 g/mol. The van der Waals surface area contributed by atoms with Crippen molar-refractivity contribution in [2.24, 2.45) is 0 Å². The molecule has 2 aliphatic rings. The van der Waals surface area contributed by atoms with Crippen molar-refractivity contribution in [1.82, 2.24) is 10.2 Å². The first-order valence-electron chi connectivity index (χ1n) is 10.3. The number of carbonyl (C=O) groups is 1. The number of carbonyl (C=O) groups excluding carboxylic acids is 1. The summed E-state index contributed by atoms with van der Waals surface area (Å²) in [6, 6.07) is 7.94. The second kappa shape index (κ2) is 9.00. The summed E-state index contributed by atoms with van der Waals surface area (Å²) < 4.78 is 23.5. The molecule has 6 nitrogen and oxygen atoms in total. The summed E-state index contributed by atoms with van der Waals surface area (Å²) in [6.07, 6.45) is 6.65. The zero-order valence-corrected chi connectivity index (χ0v) is 18.0. The molecule has 1 aromatic rings. The van der Waals surface area contributed by atoms with Crippen LogP contribution >= 0.6 is 0 Å². The van der Waals surface area contributed by atoms with Gasteiger partial charge in [-0.2, -0.15) is 5.26 Å². The smallest absolute Gasteiger partial charge is 0.263 e. The van der Waals surface area contributed by atoms with Crippen molar-refractivity contribution >= 4 is 15.7 Å². The van der Waals surface area contributed by atoms with Gasteiger partial charge < -0.3 is 10.2 Å². The molecule has 0 saturated carbocycles. The summed E-state index contributed by atoms with van der Waals surface area (Å²) in [6.45, 7) is 4.35. The highest BCUT2D eigenvalue weighted by molar-refractivity contribution is 7.91. The van der Waals surface area contributed by atoms with E-state index >= 15 is 0 Å². The minimum atomic E-state index is -3.03. The van der Waals surface area contributed by atoms with E-state index in [2.05, 4.69) is 17.4 Å². The Morgan fingerprint density at radius 1 is 1.34 bits per heavy atom. The SMILES string of the molecule is CCN(/C=C(/C#N)C(=O)NC(C)c1ccc2c(c1)CCCC2)C1CCS(=O)(=O)C1. The zero-order valence-electron chi connectivity index (χ0n) is 17.1. The second-order valence-corrected chi connectivity index (χ2v) is 10.2. The number of hydrogen-bond acceptors (Lipinski definition) is 5. The standard InChI is InChI=1S/C22H29N3O3S/c1-3-25(21-10-11-29(27,28)15-21)14-20(13-23)22(26)24-16(2)18-9-8-17-6-4-5-7-19(17)12-18/h8-9,12,14,16,21H,3-7,10-11,15H2,1-2H3,(H,24,26)/b20-14-. The molecule has 1 aliphatic carbocycles. The molecule has 3 rings (SSSR count). The van der Waals surface area contributed by atoms with Crippen LogP contribution in [0.15, 0.2) is 30.0 Å². The van der Waals surface area contributed by atoms with E-state index in [9.17, 15) is 18.5 Å². The van der Waals surface area contributed by atoms with Gasteiger partial charge in [0.05, 0.1) is 17.5 Å². The summed E-state index contributed by atoms with van der Waals surface area (Å²) in [4.78, 5) is 14.5. The molecule has 0 aromatic heterocycles. The lowest BCUT2D eigenvalue weighted by molar-refractivity contribution is -0.117. The highest BCUT2D eigenvalue weighted by Gasteiger charge is 2.31. The Morgan fingerprint density at radius 2 is 2.07 bits per heavy atom. The van der Waals surface area contributed by atoms with Crippen LogP contribution in [0, 0.1) is 11.3 Å². The first kappa shape index (κ1) is 21.4. The summed E-state index contributed by atoms with van der Waals surface area (Å²) in [7, 11) is -3.03. The maximum absolute atomic E-state index is 12.7. The van der Waals surface area contributed by atoms with Crippen LogP contribution in [0.4, 0.5) is 0 Å². The van der Waals surface area contributed by atoms with E-state index in [0.717, 1.165) is 18.4 Å². The van der Waals surface area contributed by atoms with Crippen molar-refractivity contribution in [3.63, 3.8) is 0 Å². The summed E-state index contributed by atoms with van der Waals surface area (Å²) in [5.74, 6) is -0.203. The normalized spacial score (nSPS) is 21.7. The number of benzene rings is 1. The molecule has 1 aromatic carbocycles. The van der Waals surface area contributed by atoms with Crippen molar-refractivity contribution in [2.45, 2.75) is 58.0 Å². The minimum Gasteiger partial charge on any atom is -0.372 e. The molecular formula is C22H29N3O3S. The lowest BCUT2D eigenvalue weighted by atomic mass is 9.89. The largest absolute Gasteiger partial charge is 0.372 e. The number of sulfone groups is 1. The number of hydrogen-bond donors (Lipinski definition) is 1. The molecule has 2 atom stereocenters. The number of aryl methyl sites for hydroxylation is 2. The monoisotopic (exact) mass is 415 g/mol. The number of amides is 1. The topological polar surface area (TPSA) is 90.3 Å². The molecule has 0 spiro atoms. The van der Waals surface area contributed by atoms with Gasteiger partial charge in [-0.1, -0.05) is 18.2 Å². The van der Waals surface area contributed by atoms with Crippen molar-refractivity contribution in [3.05, 3.63) is 46.7 Å². The predicted molar refractivity (Wildman–Crippen MR) is 113 cm³/mol. The van der Waals surface area contributed by atoms with Gasteiger partial charge in [0.15, 0.2) is 9.84 Å². The Labute approximate surface area is 173 Å². The first-order chi connectivity index (χ1) is 13.8. The lowest BCUT2D eigenvalue weighted by Crippen LogP contribution is -2.34. The third kappa shape index (κ3) is 5.18. The fourth-order valence-electron chi connectivity index (χ4n) is 4.18. The van der Waals surface area contributed by atoms with E-state index in [1.54, 1.807) is 4.90 Å². The molecule has 1 heterocycles. The summed E-state index contributed by atoms with van der Waals surface area (Å²) >= 11 is 0. The van der Waals surface area contributed by atoms with Gasteiger partial charge in [-0.15, -0.1) is 0 Å². The van der Waals surface area contributed by atoms with Gasteiger partial charge in [-0.3, -0.25) is 4.79 Å². The summed E-state index contributed by atoms with van der Waals surface area (Å²) in [5.41, 5.74) is 3.78. The van der Waals surface area contributed by atoms with Crippen molar-refractivity contribution < 1.29 is 13.2 Å². The Hall–Kier alpha value is -2.33. The van der Waals surface area contributed by atoms with Crippen LogP contribution in [0.3, 0.4) is 0 Å². The van der Waals surface area contributed by atoms with Crippen LogP contribution in [0.2, 0.25) is 0 Å². The van der Waals surface area contributed by atoms with Crippen LogP contribution in [-0.2, 0) is 27.5 Å². The molecule has 2 unspecified atom stereocenters. The Kier molecular flexibility index (Phi) is 6.63. The van der Waals surface area contributed by atoms with E-state index in [1.165, 1.54) is 30.2 Å². The molecule has 7 heteroatoms. The molecule has 1 aliphatic heterocycles. The van der Waals surface area contributed by atoms with Gasteiger partial charge in [0.1, 0.15) is 11.6 Å². The van der Waals surface area contributed by atoms with E-state index in [0.29, 0.717) is 13.0 Å². The van der Waals surface area contributed by atoms with Crippen LogP contribution in [-0.4, -0.2) is 43.3 Å². The number of nitrogens with one attached hydrogen (secondary N) is 1. The van der Waals surface area contributed by atoms with Gasteiger partial charge in [0.2, 0.25) is 0 Å². The fourth-order valence-corrected chi connectivity index (χ4v) is 5.92. The number of nitrogens with zero attached hydrogens (tertiary/aromatic N) is 2. The van der Waals surface area contributed by atoms with Crippen LogP contribution in [0.5, 0.6) is 0 Å². The Morgan fingerprint density at radius 3 is 2.69 bits per heavy atom. The van der Waals surface area contributed by atoms with Gasteiger partial charge >= 0.3 is 0 Å². The fraction of sp³-hybridized carbons (Fsp3) is 0.545. The number of rotatable bonds is 6. The molecule has 1 saturated heterocycles. The van der Waals surface area contributed by atoms with Crippen molar-refractivity contribution in [1.29, 1.82) is 5.26 Å². The molecule has 156 valence electrons. The maximum atomic E-state index is 12.7. The van der Waals surface area contributed by atoms with E-state index in [-0.39, 0.29) is 29.2 Å². The van der Waals surface area contributed by atoms with Gasteiger partial charge in [0, 0.05) is 18.8 Å². The van der Waals surface area contributed by atoms with Crippen molar-refractivity contribution in [2.75, 3.05) is 18.1 Å². The van der Waals surface area contributed by atoms with E-state index in [4.69, 9.17) is 0 Å². The molecule has 29 heavy (non-hydrogen) atoms. The highest BCUT2D eigenvalue weighted by Crippen LogP contribution is 2.25. The molecule has 1 amide bonds. The molecule has 0 radical (unpaired) electrons. The quantitative estimate of drug-likeness (QED) is 0.570. The van der Waals surface area contributed by atoms with Gasteiger partial charge in [0.25, 0.3) is 5.91 Å². The lowest BCUT2D eigenvalue weighted by Gasteiger charge is -2.25. The van der Waals surface area contributed by atoms with Gasteiger partial charge in [-0.05, 0) is 62.6 Å². The third-order valence-corrected chi connectivity index (χ3v) is 7.67. The minimum absolute atomic E-state index is 0.000887. The van der Waals surface area contributed by atoms with Gasteiger partial charge in [-0.25, -0.2) is 8.42 Å². The number of nitriles is 1. The average molecular weight is 416 g/mol. The number of fused-ring (bicyclic) bond motifs is 1. The second-order valence-electron chi connectivity index (χ2n) is 7.97.